The molecule has 0 unspecified atom stereocenters. The van der Waals surface area contributed by atoms with Gasteiger partial charge in [-0.1, -0.05) is 12.1 Å². The standard InChI is InChI=1S/C21H22F2N2O3/c22-21(23)8-12-25(13-9-21)19(26)16-5-3-4-15(14-16)17-6-7-18(28-17)20(27)24-10-1-2-11-24/h3-7,14H,1-2,8-13H2. The molecule has 4 rings (SSSR count). The highest BCUT2D eigenvalue weighted by atomic mass is 19.3. The highest BCUT2D eigenvalue weighted by Crippen LogP contribution is 2.29. The first kappa shape index (κ1) is 18.7. The van der Waals surface area contributed by atoms with Crippen LogP contribution in [0.5, 0.6) is 0 Å². The molecular weight excluding hydrogens is 366 g/mol. The third-order valence-corrected chi connectivity index (χ3v) is 5.39. The summed E-state index contributed by atoms with van der Waals surface area (Å²) in [6.45, 7) is 1.58. The number of halogens is 2. The predicted octanol–water partition coefficient (Wildman–Crippen LogP) is 4.05. The van der Waals surface area contributed by atoms with E-state index in [2.05, 4.69) is 0 Å². The molecule has 5 nitrogen and oxygen atoms in total. The van der Waals surface area contributed by atoms with Crippen LogP contribution in [0.3, 0.4) is 0 Å². The molecule has 0 aliphatic carbocycles. The molecule has 0 atom stereocenters. The molecule has 2 saturated heterocycles. The van der Waals surface area contributed by atoms with E-state index < -0.39 is 5.92 Å². The Balaban J connectivity index is 1.50. The molecule has 2 amide bonds. The summed E-state index contributed by atoms with van der Waals surface area (Å²) in [5.41, 5.74) is 1.10. The fourth-order valence-electron chi connectivity index (χ4n) is 3.71. The molecule has 28 heavy (non-hydrogen) atoms. The third kappa shape index (κ3) is 3.79. The second-order valence-corrected chi connectivity index (χ2v) is 7.39. The Labute approximate surface area is 161 Å². The van der Waals surface area contributed by atoms with Crippen LogP contribution in [0.15, 0.2) is 40.8 Å². The number of carbonyl (C=O) groups excluding carboxylic acids is 2. The number of rotatable bonds is 3. The minimum Gasteiger partial charge on any atom is -0.451 e. The zero-order valence-electron chi connectivity index (χ0n) is 15.5. The fraction of sp³-hybridized carbons (Fsp3) is 0.429. The van der Waals surface area contributed by atoms with Gasteiger partial charge in [0.2, 0.25) is 0 Å². The van der Waals surface area contributed by atoms with E-state index in [1.54, 1.807) is 41.3 Å². The zero-order chi connectivity index (χ0) is 19.7. The molecule has 0 radical (unpaired) electrons. The van der Waals surface area contributed by atoms with Gasteiger partial charge in [-0.3, -0.25) is 9.59 Å². The molecule has 0 bridgehead atoms. The van der Waals surface area contributed by atoms with E-state index in [-0.39, 0.29) is 43.5 Å². The van der Waals surface area contributed by atoms with Gasteiger partial charge in [-0.15, -0.1) is 0 Å². The van der Waals surface area contributed by atoms with Crippen LogP contribution in [0.4, 0.5) is 8.78 Å². The number of carbonyl (C=O) groups is 2. The molecule has 2 aliphatic heterocycles. The first-order valence-electron chi connectivity index (χ1n) is 9.60. The number of hydrogen-bond donors (Lipinski definition) is 0. The zero-order valence-corrected chi connectivity index (χ0v) is 15.5. The average Bonchev–Trinajstić information content (AvgIpc) is 3.39. The van der Waals surface area contributed by atoms with Gasteiger partial charge in [0, 0.05) is 50.1 Å². The average molecular weight is 388 g/mol. The minimum atomic E-state index is -2.69. The van der Waals surface area contributed by atoms with Gasteiger partial charge in [0.25, 0.3) is 17.7 Å². The van der Waals surface area contributed by atoms with Crippen molar-refractivity contribution in [1.82, 2.24) is 9.80 Å². The smallest absolute Gasteiger partial charge is 0.289 e. The Morgan fingerprint density at radius 2 is 1.57 bits per heavy atom. The van der Waals surface area contributed by atoms with E-state index in [1.807, 2.05) is 0 Å². The number of furan rings is 1. The van der Waals surface area contributed by atoms with Crippen molar-refractivity contribution in [1.29, 1.82) is 0 Å². The van der Waals surface area contributed by atoms with Crippen LogP contribution in [-0.2, 0) is 0 Å². The molecule has 2 aromatic rings. The molecule has 2 aliphatic rings. The first-order valence-corrected chi connectivity index (χ1v) is 9.60. The van der Waals surface area contributed by atoms with Crippen molar-refractivity contribution in [2.24, 2.45) is 0 Å². The first-order chi connectivity index (χ1) is 13.4. The van der Waals surface area contributed by atoms with Crippen molar-refractivity contribution in [2.75, 3.05) is 26.2 Å². The third-order valence-electron chi connectivity index (χ3n) is 5.39. The lowest BCUT2D eigenvalue weighted by Crippen LogP contribution is -2.42. The van der Waals surface area contributed by atoms with Gasteiger partial charge in [0.05, 0.1) is 0 Å². The molecule has 3 heterocycles. The summed E-state index contributed by atoms with van der Waals surface area (Å²) >= 11 is 0. The maximum absolute atomic E-state index is 13.3. The summed E-state index contributed by atoms with van der Waals surface area (Å²) < 4.78 is 32.4. The summed E-state index contributed by atoms with van der Waals surface area (Å²) in [5.74, 6) is -2.29. The summed E-state index contributed by atoms with van der Waals surface area (Å²) in [4.78, 5) is 28.3. The van der Waals surface area contributed by atoms with Crippen molar-refractivity contribution < 1.29 is 22.8 Å². The summed E-state index contributed by atoms with van der Waals surface area (Å²) in [5, 5.41) is 0. The van der Waals surface area contributed by atoms with Gasteiger partial charge in [-0.05, 0) is 37.1 Å². The van der Waals surface area contributed by atoms with Crippen LogP contribution in [0, 0.1) is 0 Å². The fourth-order valence-corrected chi connectivity index (χ4v) is 3.71. The lowest BCUT2D eigenvalue weighted by molar-refractivity contribution is -0.0494. The number of likely N-dealkylation sites (tertiary alicyclic amines) is 2. The summed E-state index contributed by atoms with van der Waals surface area (Å²) in [7, 11) is 0. The molecule has 1 aromatic heterocycles. The maximum atomic E-state index is 13.3. The van der Waals surface area contributed by atoms with E-state index in [4.69, 9.17) is 4.42 Å². The summed E-state index contributed by atoms with van der Waals surface area (Å²) in [6.07, 6.45) is 1.40. The van der Waals surface area contributed by atoms with Gasteiger partial charge in [0.15, 0.2) is 5.76 Å². The second-order valence-electron chi connectivity index (χ2n) is 7.39. The Morgan fingerprint density at radius 3 is 2.29 bits per heavy atom. The minimum absolute atomic E-state index is 0.0469. The Morgan fingerprint density at radius 1 is 0.893 bits per heavy atom. The Bertz CT molecular complexity index is 877. The maximum Gasteiger partial charge on any atom is 0.289 e. The largest absolute Gasteiger partial charge is 0.451 e. The monoisotopic (exact) mass is 388 g/mol. The van der Waals surface area contributed by atoms with E-state index >= 15 is 0 Å². The lowest BCUT2D eigenvalue weighted by atomic mass is 10.0. The Kier molecular flexibility index (Phi) is 4.91. The van der Waals surface area contributed by atoms with Crippen molar-refractivity contribution in [2.45, 2.75) is 31.6 Å². The van der Waals surface area contributed by atoms with Crippen LogP contribution in [0.2, 0.25) is 0 Å². The molecule has 148 valence electrons. The van der Waals surface area contributed by atoms with E-state index in [0.29, 0.717) is 16.9 Å². The Hall–Kier alpha value is -2.70. The van der Waals surface area contributed by atoms with Crippen molar-refractivity contribution >= 4 is 11.8 Å². The van der Waals surface area contributed by atoms with Crippen LogP contribution in [0.25, 0.3) is 11.3 Å². The quantitative estimate of drug-likeness (QED) is 0.797. The molecule has 0 spiro atoms. The SMILES string of the molecule is O=C(c1cccc(-c2ccc(C(=O)N3CCCC3)o2)c1)N1CCC(F)(F)CC1. The van der Waals surface area contributed by atoms with Gasteiger partial charge in [-0.25, -0.2) is 8.78 Å². The van der Waals surface area contributed by atoms with Crippen LogP contribution in [-0.4, -0.2) is 53.7 Å². The van der Waals surface area contributed by atoms with Crippen LogP contribution >= 0.6 is 0 Å². The van der Waals surface area contributed by atoms with Gasteiger partial charge in [0.1, 0.15) is 5.76 Å². The molecule has 0 N–H and O–H groups in total. The van der Waals surface area contributed by atoms with E-state index in [0.717, 1.165) is 25.9 Å². The highest BCUT2D eigenvalue weighted by Gasteiger charge is 2.35. The van der Waals surface area contributed by atoms with Gasteiger partial charge in [-0.2, -0.15) is 0 Å². The number of nitrogens with zero attached hydrogens (tertiary/aromatic N) is 2. The lowest BCUT2D eigenvalue weighted by Gasteiger charge is -2.31. The van der Waals surface area contributed by atoms with E-state index in [1.165, 1.54) is 4.90 Å². The molecular formula is C21H22F2N2O3. The van der Waals surface area contributed by atoms with Gasteiger partial charge < -0.3 is 14.2 Å². The number of piperidine rings is 1. The molecule has 0 saturated carbocycles. The second kappa shape index (κ2) is 7.37. The number of alkyl halides is 2. The van der Waals surface area contributed by atoms with E-state index in [9.17, 15) is 18.4 Å². The van der Waals surface area contributed by atoms with Gasteiger partial charge >= 0.3 is 0 Å². The number of benzene rings is 1. The van der Waals surface area contributed by atoms with Crippen LogP contribution < -0.4 is 0 Å². The normalized spacial score (nSPS) is 19.1. The topological polar surface area (TPSA) is 53.8 Å². The highest BCUT2D eigenvalue weighted by molar-refractivity contribution is 5.96. The number of amides is 2. The molecule has 7 heteroatoms. The molecule has 2 fully saturated rings. The van der Waals surface area contributed by atoms with Crippen LogP contribution in [0.1, 0.15) is 46.6 Å². The summed E-state index contributed by atoms with van der Waals surface area (Å²) in [6, 6.07) is 10.2. The predicted molar refractivity (Wildman–Crippen MR) is 99.4 cm³/mol. The molecule has 1 aromatic carbocycles. The van der Waals surface area contributed by atoms with Crippen molar-refractivity contribution in [3.8, 4) is 11.3 Å². The van der Waals surface area contributed by atoms with Crippen molar-refractivity contribution in [3.05, 3.63) is 47.7 Å². The number of hydrogen-bond acceptors (Lipinski definition) is 3. The van der Waals surface area contributed by atoms with Crippen molar-refractivity contribution in [3.63, 3.8) is 0 Å².